The van der Waals surface area contributed by atoms with E-state index in [1.54, 1.807) is 13.3 Å². The van der Waals surface area contributed by atoms with Gasteiger partial charge in [-0.25, -0.2) is 0 Å². The zero-order valence-corrected chi connectivity index (χ0v) is 14.5. The van der Waals surface area contributed by atoms with Crippen LogP contribution in [-0.4, -0.2) is 46.8 Å². The predicted octanol–water partition coefficient (Wildman–Crippen LogP) is 1.65. The number of amides is 1. The number of hydrogen-bond donors (Lipinski definition) is 1. The van der Waals surface area contributed by atoms with Gasteiger partial charge in [0.05, 0.1) is 13.7 Å². The number of likely N-dealkylation sites (tertiary alicyclic amines) is 1. The van der Waals surface area contributed by atoms with Crippen LogP contribution in [0.15, 0.2) is 36.7 Å². The second-order valence-corrected chi connectivity index (χ2v) is 7.01. The van der Waals surface area contributed by atoms with Crippen molar-refractivity contribution in [1.29, 1.82) is 0 Å². The van der Waals surface area contributed by atoms with E-state index in [9.17, 15) is 4.79 Å². The largest absolute Gasteiger partial charge is 0.496 e. The maximum absolute atomic E-state index is 11.6. The van der Waals surface area contributed by atoms with Gasteiger partial charge >= 0.3 is 0 Å². The van der Waals surface area contributed by atoms with Gasteiger partial charge < -0.3 is 10.1 Å². The Labute approximate surface area is 147 Å². The fraction of sp³-hybridized carbons (Fsp3) is 0.474. The highest BCUT2D eigenvalue weighted by Gasteiger charge is 2.36. The number of fused-ring (bicyclic) bond motifs is 1. The second kappa shape index (κ2) is 6.88. The summed E-state index contributed by atoms with van der Waals surface area (Å²) in [5.41, 5.74) is 2.41. The third-order valence-electron chi connectivity index (χ3n) is 5.25. The molecule has 1 amide bonds. The number of hydrogen-bond acceptors (Lipinski definition) is 4. The molecule has 0 aliphatic carbocycles. The van der Waals surface area contributed by atoms with Crippen LogP contribution in [0, 0.1) is 5.92 Å². The molecule has 1 aromatic heterocycles. The summed E-state index contributed by atoms with van der Waals surface area (Å²) in [7, 11) is 1.70. The van der Waals surface area contributed by atoms with Crippen molar-refractivity contribution < 1.29 is 9.53 Å². The van der Waals surface area contributed by atoms with E-state index in [-0.39, 0.29) is 5.91 Å². The van der Waals surface area contributed by atoms with Gasteiger partial charge in [-0.2, -0.15) is 5.10 Å². The SMILES string of the molecule is COc1ccc(CN2CC[C@@H]3NC(=O)C[C@@H]3C2)cc1Cn1cccn1. The third kappa shape index (κ3) is 3.54. The molecule has 25 heavy (non-hydrogen) atoms. The zero-order valence-electron chi connectivity index (χ0n) is 14.5. The molecule has 6 heteroatoms. The smallest absolute Gasteiger partial charge is 0.220 e. The van der Waals surface area contributed by atoms with Crippen molar-refractivity contribution in [1.82, 2.24) is 20.0 Å². The highest BCUT2D eigenvalue weighted by molar-refractivity contribution is 5.79. The standard InChI is InChI=1S/C19H24N4O2/c1-25-18-4-3-14(9-16(18)13-23-7-2-6-20-23)11-22-8-5-17-15(12-22)10-19(24)21-17/h2-4,6-7,9,15,17H,5,8,10-13H2,1H3,(H,21,24)/t15-,17+/m1/s1. The number of methoxy groups -OCH3 is 1. The van der Waals surface area contributed by atoms with E-state index in [2.05, 4.69) is 27.4 Å². The normalized spacial score (nSPS) is 23.3. The molecule has 3 heterocycles. The minimum absolute atomic E-state index is 0.211. The van der Waals surface area contributed by atoms with Gasteiger partial charge in [-0.05, 0) is 30.2 Å². The molecular formula is C19H24N4O2. The van der Waals surface area contributed by atoms with Gasteiger partial charge in [0.1, 0.15) is 5.75 Å². The van der Waals surface area contributed by atoms with Gasteiger partial charge in [-0.1, -0.05) is 6.07 Å². The van der Waals surface area contributed by atoms with Gasteiger partial charge in [0.25, 0.3) is 0 Å². The molecule has 0 bridgehead atoms. The quantitative estimate of drug-likeness (QED) is 0.899. The Kier molecular flexibility index (Phi) is 4.44. The van der Waals surface area contributed by atoms with E-state index >= 15 is 0 Å². The highest BCUT2D eigenvalue weighted by atomic mass is 16.5. The topological polar surface area (TPSA) is 59.4 Å². The van der Waals surface area contributed by atoms with E-state index in [0.29, 0.717) is 24.9 Å². The maximum Gasteiger partial charge on any atom is 0.220 e. The van der Waals surface area contributed by atoms with Crippen LogP contribution in [0.3, 0.4) is 0 Å². The Morgan fingerprint density at radius 1 is 1.36 bits per heavy atom. The Bertz CT molecular complexity index is 744. The monoisotopic (exact) mass is 340 g/mol. The molecule has 4 rings (SSSR count). The molecule has 2 aliphatic heterocycles. The first kappa shape index (κ1) is 16.1. The number of ether oxygens (including phenoxy) is 1. The second-order valence-electron chi connectivity index (χ2n) is 7.01. The average molecular weight is 340 g/mol. The summed E-state index contributed by atoms with van der Waals surface area (Å²) in [5.74, 6) is 1.56. The van der Waals surface area contributed by atoms with Crippen LogP contribution < -0.4 is 10.1 Å². The molecule has 6 nitrogen and oxygen atoms in total. The number of aromatic nitrogens is 2. The van der Waals surface area contributed by atoms with E-state index < -0.39 is 0 Å². The van der Waals surface area contributed by atoms with Crippen molar-refractivity contribution in [2.24, 2.45) is 5.92 Å². The molecule has 0 unspecified atom stereocenters. The van der Waals surface area contributed by atoms with Crippen molar-refractivity contribution in [3.05, 3.63) is 47.8 Å². The molecule has 2 atom stereocenters. The van der Waals surface area contributed by atoms with Crippen molar-refractivity contribution >= 4 is 5.91 Å². The molecule has 2 saturated heterocycles. The number of piperidine rings is 1. The maximum atomic E-state index is 11.6. The summed E-state index contributed by atoms with van der Waals surface area (Å²) < 4.78 is 7.41. The van der Waals surface area contributed by atoms with Crippen molar-refractivity contribution in [2.45, 2.75) is 32.0 Å². The van der Waals surface area contributed by atoms with Gasteiger partial charge in [-0.3, -0.25) is 14.4 Å². The summed E-state index contributed by atoms with van der Waals surface area (Å²) in [6, 6.07) is 8.70. The Morgan fingerprint density at radius 2 is 2.28 bits per heavy atom. The number of nitrogens with one attached hydrogen (secondary N) is 1. The number of benzene rings is 1. The van der Waals surface area contributed by atoms with Crippen LogP contribution in [0.1, 0.15) is 24.0 Å². The van der Waals surface area contributed by atoms with Crippen molar-refractivity contribution in [3.63, 3.8) is 0 Å². The number of carbonyl (C=O) groups is 1. The van der Waals surface area contributed by atoms with Gasteiger partial charge in [-0.15, -0.1) is 0 Å². The van der Waals surface area contributed by atoms with Crippen LogP contribution in [-0.2, 0) is 17.9 Å². The first-order valence-electron chi connectivity index (χ1n) is 8.86. The van der Waals surface area contributed by atoms with Crippen molar-refractivity contribution in [3.8, 4) is 5.75 Å². The van der Waals surface area contributed by atoms with E-state index in [4.69, 9.17) is 4.74 Å². The third-order valence-corrected chi connectivity index (χ3v) is 5.25. The average Bonchev–Trinajstić information content (AvgIpc) is 3.23. The van der Waals surface area contributed by atoms with Crippen LogP contribution in [0.5, 0.6) is 5.75 Å². The molecule has 1 aromatic carbocycles. The van der Waals surface area contributed by atoms with E-state index in [0.717, 1.165) is 37.4 Å². The molecule has 0 saturated carbocycles. The minimum Gasteiger partial charge on any atom is -0.496 e. The fourth-order valence-corrected chi connectivity index (χ4v) is 4.03. The molecule has 132 valence electrons. The van der Waals surface area contributed by atoms with Crippen LogP contribution in [0.25, 0.3) is 0 Å². The molecule has 2 aromatic rings. The van der Waals surface area contributed by atoms with E-state index in [1.165, 1.54) is 5.56 Å². The summed E-state index contributed by atoms with van der Waals surface area (Å²) >= 11 is 0. The van der Waals surface area contributed by atoms with Crippen LogP contribution in [0.2, 0.25) is 0 Å². The highest BCUT2D eigenvalue weighted by Crippen LogP contribution is 2.27. The number of carbonyl (C=O) groups excluding carboxylic acids is 1. The van der Waals surface area contributed by atoms with Crippen LogP contribution in [0.4, 0.5) is 0 Å². The predicted molar refractivity (Wildman–Crippen MR) is 94.3 cm³/mol. The fourth-order valence-electron chi connectivity index (χ4n) is 4.03. The Hall–Kier alpha value is -2.34. The Balaban J connectivity index is 1.46. The zero-order chi connectivity index (χ0) is 17.2. The van der Waals surface area contributed by atoms with Gasteiger partial charge in [0, 0.05) is 56.0 Å². The van der Waals surface area contributed by atoms with Crippen molar-refractivity contribution in [2.75, 3.05) is 20.2 Å². The summed E-state index contributed by atoms with van der Waals surface area (Å²) in [4.78, 5) is 14.0. The lowest BCUT2D eigenvalue weighted by molar-refractivity contribution is -0.119. The van der Waals surface area contributed by atoms with Gasteiger partial charge in [0.2, 0.25) is 5.91 Å². The Morgan fingerprint density at radius 3 is 3.08 bits per heavy atom. The minimum atomic E-state index is 0.211. The summed E-state index contributed by atoms with van der Waals surface area (Å²) in [6.07, 6.45) is 5.47. The molecule has 2 aliphatic rings. The van der Waals surface area contributed by atoms with E-state index in [1.807, 2.05) is 23.0 Å². The molecule has 0 spiro atoms. The van der Waals surface area contributed by atoms with Gasteiger partial charge in [0.15, 0.2) is 0 Å². The van der Waals surface area contributed by atoms with Crippen LogP contribution >= 0.6 is 0 Å². The lowest BCUT2D eigenvalue weighted by Gasteiger charge is -2.34. The number of nitrogens with zero attached hydrogens (tertiary/aromatic N) is 3. The summed E-state index contributed by atoms with van der Waals surface area (Å²) in [5, 5.41) is 7.38. The molecular weight excluding hydrogens is 316 g/mol. The summed E-state index contributed by atoms with van der Waals surface area (Å²) in [6.45, 7) is 3.63. The molecule has 1 N–H and O–H groups in total. The first-order valence-corrected chi connectivity index (χ1v) is 8.86. The molecule has 0 radical (unpaired) electrons. The lowest BCUT2D eigenvalue weighted by Crippen LogP contribution is -2.44. The number of rotatable bonds is 5. The first-order chi connectivity index (χ1) is 12.2. The lowest BCUT2D eigenvalue weighted by atomic mass is 9.93. The molecule has 2 fully saturated rings.